The van der Waals surface area contributed by atoms with Gasteiger partial charge in [-0.05, 0) is 30.5 Å². The number of benzene rings is 1. The first-order valence-corrected chi connectivity index (χ1v) is 5.89. The molecule has 0 aliphatic rings. The van der Waals surface area contributed by atoms with Crippen LogP contribution in [0.4, 0.5) is 23.4 Å². The molecule has 0 bridgehead atoms. The van der Waals surface area contributed by atoms with E-state index in [2.05, 4.69) is 10.3 Å². The van der Waals surface area contributed by atoms with Gasteiger partial charge in [0, 0.05) is 12.6 Å². The van der Waals surface area contributed by atoms with Gasteiger partial charge in [-0.2, -0.15) is 9.37 Å². The molecule has 0 radical (unpaired) electrons. The fourth-order valence-corrected chi connectivity index (χ4v) is 1.89. The van der Waals surface area contributed by atoms with Gasteiger partial charge in [-0.3, -0.25) is 0 Å². The molecular formula is C14H12F4N2. The van der Waals surface area contributed by atoms with E-state index >= 15 is 0 Å². The molecule has 0 spiro atoms. The molecule has 0 saturated heterocycles. The van der Waals surface area contributed by atoms with E-state index in [-0.39, 0.29) is 18.2 Å². The number of nitrogens with zero attached hydrogens (tertiary/aromatic N) is 1. The first-order valence-electron chi connectivity index (χ1n) is 5.89. The molecule has 106 valence electrons. The maximum Gasteiger partial charge on any atom is 0.251 e. The predicted molar refractivity (Wildman–Crippen MR) is 67.3 cm³/mol. The Bertz CT molecular complexity index is 633. The van der Waals surface area contributed by atoms with Crippen LogP contribution in [0.1, 0.15) is 16.7 Å². The molecule has 0 saturated carbocycles. The van der Waals surface area contributed by atoms with E-state index in [0.717, 1.165) is 0 Å². The largest absolute Gasteiger partial charge is 0.363 e. The topological polar surface area (TPSA) is 24.9 Å². The van der Waals surface area contributed by atoms with Crippen molar-refractivity contribution in [3.63, 3.8) is 0 Å². The summed E-state index contributed by atoms with van der Waals surface area (Å²) in [5, 5.41) is 2.56. The summed E-state index contributed by atoms with van der Waals surface area (Å²) in [5.74, 6) is -4.39. The summed E-state index contributed by atoms with van der Waals surface area (Å²) in [6.45, 7) is 3.35. The van der Waals surface area contributed by atoms with Crippen LogP contribution in [0.3, 0.4) is 0 Å². The van der Waals surface area contributed by atoms with Gasteiger partial charge in [-0.1, -0.05) is 12.1 Å². The minimum Gasteiger partial charge on any atom is -0.363 e. The molecule has 0 fully saturated rings. The molecule has 1 heterocycles. The van der Waals surface area contributed by atoms with Crippen molar-refractivity contribution in [1.82, 2.24) is 4.98 Å². The normalized spacial score (nSPS) is 10.7. The zero-order valence-electron chi connectivity index (χ0n) is 10.9. The number of nitrogens with one attached hydrogen (secondary N) is 1. The van der Waals surface area contributed by atoms with Gasteiger partial charge < -0.3 is 5.32 Å². The maximum absolute atomic E-state index is 13.5. The van der Waals surface area contributed by atoms with Crippen LogP contribution in [0.15, 0.2) is 18.2 Å². The van der Waals surface area contributed by atoms with Crippen LogP contribution in [0.2, 0.25) is 0 Å². The van der Waals surface area contributed by atoms with E-state index < -0.39 is 17.6 Å². The van der Waals surface area contributed by atoms with Gasteiger partial charge in [0.25, 0.3) is 5.95 Å². The molecule has 0 unspecified atom stereocenters. The molecule has 0 aliphatic heterocycles. The van der Waals surface area contributed by atoms with Crippen molar-refractivity contribution in [3.8, 4) is 0 Å². The predicted octanol–water partition coefficient (Wildman–Crippen LogP) is 3.87. The minimum atomic E-state index is -1.37. The molecule has 0 amide bonds. The zero-order chi connectivity index (χ0) is 14.9. The second-order valence-electron chi connectivity index (χ2n) is 4.49. The Hall–Kier alpha value is -2.11. The fraction of sp³-hybridized carbons (Fsp3) is 0.214. The highest BCUT2D eigenvalue weighted by Gasteiger charge is 2.11. The number of pyridine rings is 1. The quantitative estimate of drug-likeness (QED) is 0.683. The SMILES string of the molecule is Cc1cc(CNc2nc(F)c(F)cc2F)cc(C)c1F. The second kappa shape index (κ2) is 5.48. The molecule has 20 heavy (non-hydrogen) atoms. The Morgan fingerprint density at radius 1 is 0.950 bits per heavy atom. The van der Waals surface area contributed by atoms with Gasteiger partial charge in [-0.25, -0.2) is 13.2 Å². The molecule has 1 N–H and O–H groups in total. The summed E-state index contributed by atoms with van der Waals surface area (Å²) < 4.78 is 52.5. The molecule has 6 heteroatoms. The maximum atomic E-state index is 13.5. The minimum absolute atomic E-state index is 0.122. The van der Waals surface area contributed by atoms with Gasteiger partial charge in [-0.15, -0.1) is 0 Å². The highest BCUT2D eigenvalue weighted by atomic mass is 19.2. The fourth-order valence-electron chi connectivity index (χ4n) is 1.89. The average Bonchev–Trinajstić information content (AvgIpc) is 2.38. The molecule has 2 aromatic rings. The van der Waals surface area contributed by atoms with E-state index in [1.807, 2.05) is 0 Å². The smallest absolute Gasteiger partial charge is 0.251 e. The highest BCUT2D eigenvalue weighted by Crippen LogP contribution is 2.18. The number of halogens is 4. The van der Waals surface area contributed by atoms with Crippen LogP contribution < -0.4 is 5.32 Å². The number of aromatic nitrogens is 1. The Kier molecular flexibility index (Phi) is 3.92. The molecular weight excluding hydrogens is 272 g/mol. The van der Waals surface area contributed by atoms with Crippen molar-refractivity contribution in [3.05, 3.63) is 58.3 Å². The van der Waals surface area contributed by atoms with Crippen molar-refractivity contribution in [2.75, 3.05) is 5.32 Å². The van der Waals surface area contributed by atoms with Crippen LogP contribution in [-0.4, -0.2) is 4.98 Å². The summed E-state index contributed by atoms with van der Waals surface area (Å²) >= 11 is 0. The van der Waals surface area contributed by atoms with Crippen molar-refractivity contribution in [2.45, 2.75) is 20.4 Å². The van der Waals surface area contributed by atoms with E-state index in [1.54, 1.807) is 26.0 Å². The summed E-state index contributed by atoms with van der Waals surface area (Å²) in [7, 11) is 0. The highest BCUT2D eigenvalue weighted by molar-refractivity contribution is 5.39. The van der Waals surface area contributed by atoms with Crippen molar-refractivity contribution in [2.24, 2.45) is 0 Å². The number of rotatable bonds is 3. The summed E-state index contributed by atoms with van der Waals surface area (Å²) in [6, 6.07) is 3.60. The van der Waals surface area contributed by atoms with E-state index in [0.29, 0.717) is 22.8 Å². The average molecular weight is 284 g/mol. The lowest BCUT2D eigenvalue weighted by molar-refractivity contribution is 0.466. The third kappa shape index (κ3) is 2.89. The zero-order valence-corrected chi connectivity index (χ0v) is 10.9. The summed E-state index contributed by atoms with van der Waals surface area (Å²) in [6.07, 6.45) is 0. The van der Waals surface area contributed by atoms with E-state index in [4.69, 9.17) is 0 Å². The molecule has 1 aromatic carbocycles. The van der Waals surface area contributed by atoms with Crippen LogP contribution in [0.5, 0.6) is 0 Å². The number of hydrogen-bond donors (Lipinski definition) is 1. The second-order valence-corrected chi connectivity index (χ2v) is 4.49. The first-order chi connectivity index (χ1) is 9.38. The van der Waals surface area contributed by atoms with Gasteiger partial charge in [0.15, 0.2) is 17.5 Å². The van der Waals surface area contributed by atoms with Crippen molar-refractivity contribution < 1.29 is 17.6 Å². The third-order valence-corrected chi connectivity index (χ3v) is 2.84. The van der Waals surface area contributed by atoms with Gasteiger partial charge in [0.05, 0.1) is 0 Å². The van der Waals surface area contributed by atoms with Crippen LogP contribution in [0, 0.1) is 37.2 Å². The number of aryl methyl sites for hydroxylation is 2. The van der Waals surface area contributed by atoms with Crippen molar-refractivity contribution >= 4 is 5.82 Å². The Labute approximate surface area is 113 Å². The number of anilines is 1. The lowest BCUT2D eigenvalue weighted by atomic mass is 10.1. The number of hydrogen-bond acceptors (Lipinski definition) is 2. The molecule has 2 nitrogen and oxygen atoms in total. The third-order valence-electron chi connectivity index (χ3n) is 2.84. The summed E-state index contributed by atoms with van der Waals surface area (Å²) in [5.41, 5.74) is 1.60. The standard InChI is InChI=1S/C14H12F4N2/c1-7-3-9(4-8(2)12(7)17)6-19-14-11(16)5-10(15)13(18)20-14/h3-5H,6H2,1-2H3,(H,19,20). The Balaban J connectivity index is 2.19. The van der Waals surface area contributed by atoms with Gasteiger partial charge in [0.2, 0.25) is 0 Å². The Morgan fingerprint density at radius 2 is 1.55 bits per heavy atom. The monoisotopic (exact) mass is 284 g/mol. The summed E-state index contributed by atoms with van der Waals surface area (Å²) in [4.78, 5) is 3.15. The van der Waals surface area contributed by atoms with Crippen molar-refractivity contribution in [1.29, 1.82) is 0 Å². The van der Waals surface area contributed by atoms with Crippen LogP contribution >= 0.6 is 0 Å². The van der Waals surface area contributed by atoms with Crippen LogP contribution in [-0.2, 0) is 6.54 Å². The van der Waals surface area contributed by atoms with E-state index in [9.17, 15) is 17.6 Å². The first kappa shape index (κ1) is 14.3. The molecule has 2 rings (SSSR count). The van der Waals surface area contributed by atoms with Gasteiger partial charge in [0.1, 0.15) is 5.82 Å². The molecule has 0 aliphatic carbocycles. The molecule has 0 atom stereocenters. The van der Waals surface area contributed by atoms with Crippen LogP contribution in [0.25, 0.3) is 0 Å². The lowest BCUT2D eigenvalue weighted by Crippen LogP contribution is -2.07. The lowest BCUT2D eigenvalue weighted by Gasteiger charge is -2.09. The Morgan fingerprint density at radius 3 is 2.15 bits per heavy atom. The van der Waals surface area contributed by atoms with E-state index in [1.165, 1.54) is 0 Å². The molecule has 1 aromatic heterocycles. The van der Waals surface area contributed by atoms with Gasteiger partial charge >= 0.3 is 0 Å².